The first-order valence-corrected chi connectivity index (χ1v) is 10.9. The number of piperidine rings is 1. The summed E-state index contributed by atoms with van der Waals surface area (Å²) >= 11 is 0. The summed E-state index contributed by atoms with van der Waals surface area (Å²) in [6.45, 7) is 4.52. The van der Waals surface area contributed by atoms with Gasteiger partial charge in [-0.25, -0.2) is 4.98 Å². The van der Waals surface area contributed by atoms with Crippen molar-refractivity contribution in [2.24, 2.45) is 0 Å². The third-order valence-electron chi connectivity index (χ3n) is 6.47. The first-order chi connectivity index (χ1) is 14.7. The molecule has 2 fully saturated rings. The maximum atomic E-state index is 12.9. The summed E-state index contributed by atoms with van der Waals surface area (Å²) in [5.41, 5.74) is 0.713. The number of pyridine rings is 1. The molecule has 0 aromatic carbocycles. The van der Waals surface area contributed by atoms with Crippen LogP contribution in [-0.4, -0.2) is 63.8 Å². The molecule has 2 aromatic heterocycles. The fourth-order valence-corrected chi connectivity index (χ4v) is 4.83. The summed E-state index contributed by atoms with van der Waals surface area (Å²) in [6.07, 6.45) is 10.8. The van der Waals surface area contributed by atoms with Crippen molar-refractivity contribution >= 4 is 5.91 Å². The minimum atomic E-state index is -0.502. The summed E-state index contributed by atoms with van der Waals surface area (Å²) in [5.74, 6) is 0.897. The lowest BCUT2D eigenvalue weighted by Crippen LogP contribution is -2.54. The lowest BCUT2D eigenvalue weighted by molar-refractivity contribution is -0.174. The Labute approximate surface area is 176 Å². The summed E-state index contributed by atoms with van der Waals surface area (Å²) < 4.78 is 14.2. The van der Waals surface area contributed by atoms with E-state index in [4.69, 9.17) is 9.47 Å². The van der Waals surface area contributed by atoms with Gasteiger partial charge >= 0.3 is 0 Å². The van der Waals surface area contributed by atoms with Gasteiger partial charge in [-0.15, -0.1) is 0 Å². The first-order valence-electron chi connectivity index (χ1n) is 10.9. The van der Waals surface area contributed by atoms with Crippen LogP contribution in [0.1, 0.15) is 37.1 Å². The van der Waals surface area contributed by atoms with Crippen molar-refractivity contribution in [1.82, 2.24) is 24.8 Å². The van der Waals surface area contributed by atoms with Crippen LogP contribution in [-0.2, 0) is 33.0 Å². The van der Waals surface area contributed by atoms with Crippen LogP contribution in [0.15, 0.2) is 36.9 Å². The Morgan fingerprint density at radius 1 is 1.30 bits per heavy atom. The molecule has 2 saturated heterocycles. The molecule has 160 valence electrons. The monoisotopic (exact) mass is 411 g/mol. The second-order valence-electron chi connectivity index (χ2n) is 8.52. The van der Waals surface area contributed by atoms with E-state index in [0.717, 1.165) is 57.7 Å². The Bertz CT molecular complexity index is 857. The van der Waals surface area contributed by atoms with Crippen LogP contribution < -0.4 is 5.32 Å². The maximum Gasteiger partial charge on any atom is 0.251 e. The zero-order valence-corrected chi connectivity index (χ0v) is 17.2. The number of hydrogen-bond donors (Lipinski definition) is 1. The van der Waals surface area contributed by atoms with Crippen molar-refractivity contribution in [3.8, 4) is 0 Å². The number of nitrogens with one attached hydrogen (secondary N) is 1. The highest BCUT2D eigenvalue weighted by atomic mass is 16.5. The number of hydrogen-bond acceptors (Lipinski definition) is 6. The van der Waals surface area contributed by atoms with Gasteiger partial charge in [-0.1, -0.05) is 6.07 Å². The molecule has 0 bridgehead atoms. The number of imidazole rings is 1. The number of fused-ring (bicyclic) bond motifs is 2. The van der Waals surface area contributed by atoms with Gasteiger partial charge in [-0.3, -0.25) is 14.7 Å². The minimum Gasteiger partial charge on any atom is -0.376 e. The molecule has 3 aliphatic rings. The molecule has 3 aliphatic heterocycles. The number of nitrogens with zero attached hydrogens (tertiary/aromatic N) is 4. The van der Waals surface area contributed by atoms with Gasteiger partial charge in [-0.05, 0) is 37.3 Å². The van der Waals surface area contributed by atoms with Crippen LogP contribution >= 0.6 is 0 Å². The van der Waals surface area contributed by atoms with Crippen LogP contribution in [0.4, 0.5) is 0 Å². The van der Waals surface area contributed by atoms with Crippen LogP contribution in [0, 0.1) is 0 Å². The van der Waals surface area contributed by atoms with E-state index in [-0.39, 0.29) is 12.0 Å². The summed E-state index contributed by atoms with van der Waals surface area (Å²) in [4.78, 5) is 24.1. The maximum absolute atomic E-state index is 12.9. The zero-order valence-electron chi connectivity index (χ0n) is 17.2. The molecule has 1 N–H and O–H groups in total. The van der Waals surface area contributed by atoms with E-state index in [9.17, 15) is 4.79 Å². The molecule has 2 aromatic rings. The number of carbonyl (C=O) groups is 1. The fraction of sp³-hybridized carbons (Fsp3) is 0.591. The smallest absolute Gasteiger partial charge is 0.251 e. The van der Waals surface area contributed by atoms with Crippen LogP contribution in [0.2, 0.25) is 0 Å². The molecule has 1 amide bonds. The van der Waals surface area contributed by atoms with Gasteiger partial charge in [0, 0.05) is 57.6 Å². The third-order valence-corrected chi connectivity index (χ3v) is 6.47. The predicted molar refractivity (Wildman–Crippen MR) is 110 cm³/mol. The van der Waals surface area contributed by atoms with Crippen LogP contribution in [0.5, 0.6) is 0 Å². The van der Waals surface area contributed by atoms with Crippen molar-refractivity contribution in [2.75, 3.05) is 26.2 Å². The van der Waals surface area contributed by atoms with Gasteiger partial charge in [0.05, 0.1) is 12.6 Å². The molecule has 2 atom stereocenters. The molecule has 1 spiro atoms. The Morgan fingerprint density at radius 2 is 2.20 bits per heavy atom. The van der Waals surface area contributed by atoms with Crippen LogP contribution in [0.3, 0.4) is 0 Å². The lowest BCUT2D eigenvalue weighted by Gasteiger charge is -2.45. The number of amides is 1. The van der Waals surface area contributed by atoms with E-state index >= 15 is 0 Å². The molecule has 8 heteroatoms. The molecular weight excluding hydrogens is 382 g/mol. The van der Waals surface area contributed by atoms with E-state index in [1.54, 1.807) is 6.20 Å². The second kappa shape index (κ2) is 8.45. The van der Waals surface area contributed by atoms with E-state index in [2.05, 4.69) is 30.8 Å². The van der Waals surface area contributed by atoms with Gasteiger partial charge in [0.2, 0.25) is 0 Å². The van der Waals surface area contributed by atoms with Crippen molar-refractivity contribution in [3.63, 3.8) is 0 Å². The van der Waals surface area contributed by atoms with Crippen molar-refractivity contribution < 1.29 is 14.3 Å². The fourth-order valence-electron chi connectivity index (χ4n) is 4.83. The number of likely N-dealkylation sites (tertiary alicyclic amines) is 1. The molecule has 0 saturated carbocycles. The minimum absolute atomic E-state index is 0.0537. The van der Waals surface area contributed by atoms with Gasteiger partial charge < -0.3 is 19.4 Å². The molecule has 0 aliphatic carbocycles. The molecular formula is C22H29N5O3. The van der Waals surface area contributed by atoms with Crippen molar-refractivity contribution in [3.05, 3.63) is 48.3 Å². The number of carbonyl (C=O) groups excluding carboxylic acids is 1. The summed E-state index contributed by atoms with van der Waals surface area (Å²) in [5, 5.41) is 3.04. The number of aromatic nitrogens is 3. The SMILES string of the molecule is O=C(NC[C@@H]1CCCO1)[C@@H]1Cn2ccnc2C2(CCN(Cc3cccnc3)CC2)O1. The quantitative estimate of drug-likeness (QED) is 0.802. The molecule has 0 radical (unpaired) electrons. The average Bonchev–Trinajstić information content (AvgIpc) is 3.47. The zero-order chi connectivity index (χ0) is 20.4. The Morgan fingerprint density at radius 3 is 2.97 bits per heavy atom. The van der Waals surface area contributed by atoms with Gasteiger partial charge in [-0.2, -0.15) is 0 Å². The Kier molecular flexibility index (Phi) is 5.54. The summed E-state index contributed by atoms with van der Waals surface area (Å²) in [6, 6.07) is 4.08. The standard InChI is InChI=1S/C22H29N5O3/c28-20(25-14-18-4-2-12-29-18)19-16-27-11-8-24-21(27)22(30-19)5-9-26(10-6-22)15-17-3-1-7-23-13-17/h1,3,7-8,11,13,18-19H,2,4-6,9-10,12,14-16H2,(H,25,28)/t18-,19-/m0/s1. The van der Waals surface area contributed by atoms with E-state index in [0.29, 0.717) is 13.1 Å². The Hall–Kier alpha value is -2.29. The topological polar surface area (TPSA) is 81.5 Å². The molecule has 8 nitrogen and oxygen atoms in total. The van der Waals surface area contributed by atoms with Crippen molar-refractivity contribution in [1.29, 1.82) is 0 Å². The third kappa shape index (κ3) is 3.99. The number of rotatable bonds is 5. The molecule has 30 heavy (non-hydrogen) atoms. The largest absolute Gasteiger partial charge is 0.376 e. The van der Waals surface area contributed by atoms with Gasteiger partial charge in [0.15, 0.2) is 6.10 Å². The van der Waals surface area contributed by atoms with E-state index < -0.39 is 11.7 Å². The number of ether oxygens (including phenoxy) is 2. The van der Waals surface area contributed by atoms with Crippen LogP contribution in [0.25, 0.3) is 0 Å². The normalized spacial score (nSPS) is 25.9. The first kappa shape index (κ1) is 19.7. The van der Waals surface area contributed by atoms with Gasteiger partial charge in [0.1, 0.15) is 11.4 Å². The second-order valence-corrected chi connectivity index (χ2v) is 8.52. The highest BCUT2D eigenvalue weighted by Crippen LogP contribution is 2.40. The highest BCUT2D eigenvalue weighted by molar-refractivity contribution is 5.81. The highest BCUT2D eigenvalue weighted by Gasteiger charge is 2.47. The predicted octanol–water partition coefficient (Wildman–Crippen LogP) is 1.46. The lowest BCUT2D eigenvalue weighted by atomic mass is 9.88. The molecule has 5 heterocycles. The Balaban J connectivity index is 1.24. The van der Waals surface area contributed by atoms with Crippen molar-refractivity contribution in [2.45, 2.75) is 56.6 Å². The van der Waals surface area contributed by atoms with Gasteiger partial charge in [0.25, 0.3) is 5.91 Å². The van der Waals surface area contributed by atoms with E-state index in [1.165, 1.54) is 5.56 Å². The molecule has 5 rings (SSSR count). The summed E-state index contributed by atoms with van der Waals surface area (Å²) in [7, 11) is 0. The average molecular weight is 412 g/mol. The van der Waals surface area contributed by atoms with E-state index in [1.807, 2.05) is 24.7 Å². The molecule has 0 unspecified atom stereocenters.